The van der Waals surface area contributed by atoms with Crippen LogP contribution in [-0.2, 0) is 4.74 Å². The molecule has 0 aliphatic carbocycles. The van der Waals surface area contributed by atoms with Crippen molar-refractivity contribution in [2.24, 2.45) is 16.8 Å². The molecule has 0 radical (unpaired) electrons. The second-order valence-electron chi connectivity index (χ2n) is 4.79. The van der Waals surface area contributed by atoms with E-state index in [0.717, 1.165) is 37.4 Å². The summed E-state index contributed by atoms with van der Waals surface area (Å²) >= 11 is 0. The molecule has 1 aliphatic heterocycles. The molecule has 6 heteroatoms. The number of ether oxygens (including phenoxy) is 1. The molecule has 1 aliphatic rings. The molecule has 0 bridgehead atoms. The molecule has 2 rings (SSSR count). The number of pyridine rings is 1. The maximum Gasteiger partial charge on any atom is 0.172 e. The minimum Gasteiger partial charge on any atom is -0.409 e. The third-order valence-corrected chi connectivity index (χ3v) is 3.45. The summed E-state index contributed by atoms with van der Waals surface area (Å²) < 4.78 is 5.23. The van der Waals surface area contributed by atoms with Crippen LogP contribution in [0.3, 0.4) is 0 Å². The van der Waals surface area contributed by atoms with Crippen molar-refractivity contribution in [1.82, 2.24) is 4.98 Å². The molecule has 1 atom stereocenters. The average Bonchev–Trinajstić information content (AvgIpc) is 2.47. The van der Waals surface area contributed by atoms with Gasteiger partial charge in [0.2, 0.25) is 0 Å². The summed E-state index contributed by atoms with van der Waals surface area (Å²) in [5, 5.41) is 11.9. The van der Waals surface area contributed by atoms with Gasteiger partial charge in [0.25, 0.3) is 0 Å². The molecule has 19 heavy (non-hydrogen) atoms. The summed E-state index contributed by atoms with van der Waals surface area (Å²) in [4.78, 5) is 6.37. The van der Waals surface area contributed by atoms with Crippen LogP contribution in [0.15, 0.2) is 23.6 Å². The van der Waals surface area contributed by atoms with Crippen molar-refractivity contribution in [3.8, 4) is 0 Å². The van der Waals surface area contributed by atoms with Crippen molar-refractivity contribution in [2.45, 2.75) is 12.8 Å². The van der Waals surface area contributed by atoms with E-state index in [4.69, 9.17) is 15.7 Å². The van der Waals surface area contributed by atoms with Gasteiger partial charge in [0.05, 0.1) is 18.5 Å². The van der Waals surface area contributed by atoms with Crippen molar-refractivity contribution in [3.05, 3.63) is 24.0 Å². The van der Waals surface area contributed by atoms with E-state index < -0.39 is 0 Å². The Balaban J connectivity index is 2.21. The zero-order chi connectivity index (χ0) is 13.7. The average molecular weight is 264 g/mol. The van der Waals surface area contributed by atoms with Gasteiger partial charge in [-0.3, -0.25) is 4.98 Å². The lowest BCUT2D eigenvalue weighted by atomic mass is 9.98. The monoisotopic (exact) mass is 264 g/mol. The third kappa shape index (κ3) is 3.14. The Morgan fingerprint density at radius 1 is 1.68 bits per heavy atom. The molecular weight excluding hydrogens is 244 g/mol. The molecule has 1 saturated heterocycles. The predicted octanol–water partition coefficient (Wildman–Crippen LogP) is 1.04. The number of methoxy groups -OCH3 is 1. The molecule has 104 valence electrons. The summed E-state index contributed by atoms with van der Waals surface area (Å²) in [6, 6.07) is 1.77. The standard InChI is InChI=1S/C13H20N4O2/c1-19-9-10-3-2-6-17(8-10)12-7-15-5-4-11(12)13(14)16-18/h4-5,7,10,18H,2-3,6,8-9H2,1H3,(H2,14,16). The van der Waals surface area contributed by atoms with Crippen LogP contribution in [0, 0.1) is 5.92 Å². The van der Waals surface area contributed by atoms with E-state index in [1.807, 2.05) is 0 Å². The Hall–Kier alpha value is -1.82. The predicted molar refractivity (Wildman–Crippen MR) is 73.6 cm³/mol. The van der Waals surface area contributed by atoms with Crippen molar-refractivity contribution in [2.75, 3.05) is 31.7 Å². The number of hydrogen-bond donors (Lipinski definition) is 2. The van der Waals surface area contributed by atoms with E-state index in [-0.39, 0.29) is 5.84 Å². The number of rotatable bonds is 4. The molecule has 1 fully saturated rings. The molecule has 0 saturated carbocycles. The van der Waals surface area contributed by atoms with Crippen LogP contribution in [0.4, 0.5) is 5.69 Å². The van der Waals surface area contributed by atoms with E-state index >= 15 is 0 Å². The van der Waals surface area contributed by atoms with Gasteiger partial charge in [0.1, 0.15) is 0 Å². The van der Waals surface area contributed by atoms with Crippen LogP contribution < -0.4 is 10.6 Å². The Morgan fingerprint density at radius 3 is 3.26 bits per heavy atom. The summed E-state index contributed by atoms with van der Waals surface area (Å²) in [6.45, 7) is 2.62. The van der Waals surface area contributed by atoms with E-state index in [0.29, 0.717) is 5.92 Å². The van der Waals surface area contributed by atoms with Gasteiger partial charge in [-0.25, -0.2) is 0 Å². The number of amidine groups is 1. The van der Waals surface area contributed by atoms with Gasteiger partial charge in [-0.1, -0.05) is 5.16 Å². The highest BCUT2D eigenvalue weighted by molar-refractivity contribution is 6.02. The van der Waals surface area contributed by atoms with Gasteiger partial charge < -0.3 is 20.6 Å². The number of aromatic nitrogens is 1. The molecular formula is C13H20N4O2. The van der Waals surface area contributed by atoms with Gasteiger partial charge in [0.15, 0.2) is 5.84 Å². The maximum atomic E-state index is 8.85. The van der Waals surface area contributed by atoms with Gasteiger partial charge in [-0.15, -0.1) is 0 Å². The Labute approximate surface area is 112 Å². The van der Waals surface area contributed by atoms with E-state index in [2.05, 4.69) is 15.0 Å². The molecule has 1 unspecified atom stereocenters. The Kier molecular flexibility index (Phi) is 4.57. The smallest absolute Gasteiger partial charge is 0.172 e. The van der Waals surface area contributed by atoms with E-state index in [1.54, 1.807) is 25.6 Å². The minimum atomic E-state index is 0.117. The summed E-state index contributed by atoms with van der Waals surface area (Å²) in [5.74, 6) is 0.630. The molecule has 1 aromatic rings. The first-order valence-electron chi connectivity index (χ1n) is 6.42. The number of oxime groups is 1. The van der Waals surface area contributed by atoms with E-state index in [9.17, 15) is 0 Å². The summed E-state index contributed by atoms with van der Waals surface area (Å²) in [7, 11) is 1.73. The van der Waals surface area contributed by atoms with Crippen molar-refractivity contribution in [3.63, 3.8) is 0 Å². The molecule has 1 aromatic heterocycles. The highest BCUT2D eigenvalue weighted by Gasteiger charge is 2.22. The largest absolute Gasteiger partial charge is 0.409 e. The number of nitrogens with zero attached hydrogens (tertiary/aromatic N) is 3. The molecule has 0 aromatic carbocycles. The fourth-order valence-corrected chi connectivity index (χ4v) is 2.56. The topological polar surface area (TPSA) is 84.0 Å². The van der Waals surface area contributed by atoms with Gasteiger partial charge in [-0.2, -0.15) is 0 Å². The SMILES string of the molecule is COCC1CCCN(c2cnccc2/C(N)=N/O)C1. The number of nitrogens with two attached hydrogens (primary N) is 1. The quantitative estimate of drug-likeness (QED) is 0.367. The number of piperidine rings is 1. The van der Waals surface area contributed by atoms with Crippen molar-refractivity contribution in [1.29, 1.82) is 0 Å². The minimum absolute atomic E-state index is 0.117. The van der Waals surface area contributed by atoms with Crippen LogP contribution in [0.5, 0.6) is 0 Å². The van der Waals surface area contributed by atoms with Crippen LogP contribution in [-0.4, -0.2) is 42.8 Å². The lowest BCUT2D eigenvalue weighted by molar-refractivity contribution is 0.143. The third-order valence-electron chi connectivity index (χ3n) is 3.45. The number of hydrogen-bond acceptors (Lipinski definition) is 5. The summed E-state index contributed by atoms with van der Waals surface area (Å²) in [6.07, 6.45) is 5.69. The van der Waals surface area contributed by atoms with Crippen LogP contribution >= 0.6 is 0 Å². The van der Waals surface area contributed by atoms with Crippen molar-refractivity contribution < 1.29 is 9.94 Å². The van der Waals surface area contributed by atoms with Crippen LogP contribution in [0.2, 0.25) is 0 Å². The normalized spacial score (nSPS) is 20.6. The molecule has 6 nitrogen and oxygen atoms in total. The first kappa shape index (κ1) is 13.6. The second kappa shape index (κ2) is 6.38. The lowest BCUT2D eigenvalue weighted by Gasteiger charge is -2.34. The molecule has 0 spiro atoms. The zero-order valence-electron chi connectivity index (χ0n) is 11.1. The highest BCUT2D eigenvalue weighted by atomic mass is 16.5. The molecule has 2 heterocycles. The molecule has 3 N–H and O–H groups in total. The van der Waals surface area contributed by atoms with Crippen molar-refractivity contribution >= 4 is 11.5 Å². The van der Waals surface area contributed by atoms with E-state index in [1.165, 1.54) is 6.42 Å². The fourth-order valence-electron chi connectivity index (χ4n) is 2.56. The molecule has 0 amide bonds. The number of anilines is 1. The van der Waals surface area contributed by atoms with Gasteiger partial charge in [-0.05, 0) is 24.8 Å². The fraction of sp³-hybridized carbons (Fsp3) is 0.538. The van der Waals surface area contributed by atoms with Crippen LogP contribution in [0.25, 0.3) is 0 Å². The van der Waals surface area contributed by atoms with Gasteiger partial charge >= 0.3 is 0 Å². The maximum absolute atomic E-state index is 8.85. The van der Waals surface area contributed by atoms with Crippen LogP contribution in [0.1, 0.15) is 18.4 Å². The Bertz CT molecular complexity index is 448. The zero-order valence-corrected chi connectivity index (χ0v) is 11.1. The lowest BCUT2D eigenvalue weighted by Crippen LogP contribution is -2.38. The Morgan fingerprint density at radius 2 is 2.53 bits per heavy atom. The first-order valence-corrected chi connectivity index (χ1v) is 6.42. The second-order valence-corrected chi connectivity index (χ2v) is 4.79. The first-order chi connectivity index (χ1) is 9.26. The highest BCUT2D eigenvalue weighted by Crippen LogP contribution is 2.25. The summed E-state index contributed by atoms with van der Waals surface area (Å²) in [5.41, 5.74) is 7.35. The van der Waals surface area contributed by atoms with Gasteiger partial charge in [0, 0.05) is 32.0 Å².